The van der Waals surface area contributed by atoms with Crippen molar-refractivity contribution in [1.29, 1.82) is 0 Å². The van der Waals surface area contributed by atoms with Crippen molar-refractivity contribution in [2.24, 2.45) is 5.41 Å². The maximum Gasteiger partial charge on any atom is 0.407 e. The SMILES string of the molecule is CC(CCC(=O)NCC1(CC(=O)O)CCC1)NC(=O)OCC1c2ccccc2-c2ccccc21. The van der Waals surface area contributed by atoms with Gasteiger partial charge in [0.25, 0.3) is 0 Å². The number of carbonyl (C=O) groups excluding carboxylic acids is 2. The van der Waals surface area contributed by atoms with Gasteiger partial charge in [0.1, 0.15) is 6.61 Å². The molecule has 0 bridgehead atoms. The molecule has 0 aromatic heterocycles. The van der Waals surface area contributed by atoms with Gasteiger partial charge in [0.05, 0.1) is 6.42 Å². The van der Waals surface area contributed by atoms with E-state index >= 15 is 0 Å². The lowest BCUT2D eigenvalue weighted by Crippen LogP contribution is -2.43. The second kappa shape index (κ2) is 10.3. The van der Waals surface area contributed by atoms with Crippen LogP contribution in [0, 0.1) is 5.41 Å². The zero-order chi connectivity index (χ0) is 24.1. The molecule has 0 aliphatic heterocycles. The van der Waals surface area contributed by atoms with Crippen molar-refractivity contribution < 1.29 is 24.2 Å². The van der Waals surface area contributed by atoms with Crippen LogP contribution in [0.5, 0.6) is 0 Å². The smallest absolute Gasteiger partial charge is 0.407 e. The predicted molar refractivity (Wildman–Crippen MR) is 128 cm³/mol. The van der Waals surface area contributed by atoms with Crippen LogP contribution in [-0.2, 0) is 14.3 Å². The van der Waals surface area contributed by atoms with Gasteiger partial charge < -0.3 is 20.5 Å². The first kappa shape index (κ1) is 23.8. The number of fused-ring (bicyclic) bond motifs is 3. The van der Waals surface area contributed by atoms with Gasteiger partial charge in [0.2, 0.25) is 5.91 Å². The third kappa shape index (κ3) is 5.41. The number of aliphatic carboxylic acids is 1. The molecule has 2 aromatic rings. The first-order valence-electron chi connectivity index (χ1n) is 12.0. The summed E-state index contributed by atoms with van der Waals surface area (Å²) >= 11 is 0. The summed E-state index contributed by atoms with van der Waals surface area (Å²) in [5, 5.41) is 14.8. The Labute approximate surface area is 199 Å². The molecular weight excluding hydrogens is 432 g/mol. The summed E-state index contributed by atoms with van der Waals surface area (Å²) in [4.78, 5) is 35.7. The minimum absolute atomic E-state index is 0.00358. The minimum atomic E-state index is -0.824. The van der Waals surface area contributed by atoms with Gasteiger partial charge in [-0.3, -0.25) is 9.59 Å². The average molecular weight is 465 g/mol. The molecule has 7 heteroatoms. The lowest BCUT2D eigenvalue weighted by Gasteiger charge is -2.40. The number of carboxylic acid groups (broad SMARTS) is 1. The van der Waals surface area contributed by atoms with Gasteiger partial charge in [-0.1, -0.05) is 55.0 Å². The summed E-state index contributed by atoms with van der Waals surface area (Å²) in [6, 6.07) is 16.1. The second-order valence-corrected chi connectivity index (χ2v) is 9.61. The molecule has 4 rings (SSSR count). The highest BCUT2D eigenvalue weighted by Gasteiger charge is 2.39. The maximum absolute atomic E-state index is 12.4. The Morgan fingerprint density at radius 1 is 1.06 bits per heavy atom. The van der Waals surface area contributed by atoms with Gasteiger partial charge in [0.15, 0.2) is 0 Å². The fourth-order valence-corrected chi connectivity index (χ4v) is 5.05. The van der Waals surface area contributed by atoms with Crippen LogP contribution in [0.25, 0.3) is 11.1 Å². The molecule has 0 spiro atoms. The van der Waals surface area contributed by atoms with E-state index in [4.69, 9.17) is 9.84 Å². The normalized spacial score (nSPS) is 16.5. The highest BCUT2D eigenvalue weighted by molar-refractivity contribution is 5.79. The Morgan fingerprint density at radius 3 is 2.24 bits per heavy atom. The van der Waals surface area contributed by atoms with Crippen LogP contribution >= 0.6 is 0 Å². The third-order valence-electron chi connectivity index (χ3n) is 7.11. The average Bonchev–Trinajstić information content (AvgIpc) is 3.11. The van der Waals surface area contributed by atoms with Crippen molar-refractivity contribution in [3.05, 3.63) is 59.7 Å². The monoisotopic (exact) mass is 464 g/mol. The standard InChI is InChI=1S/C27H32N2O5/c1-18(11-12-24(30)28-17-27(13-6-14-27)15-25(31)32)29-26(33)34-16-23-21-9-4-2-7-19(21)20-8-3-5-10-22(20)23/h2-5,7-10,18,23H,6,11-17H2,1H3,(H,28,30)(H,29,33)(H,31,32). The van der Waals surface area contributed by atoms with E-state index in [0.717, 1.165) is 30.4 Å². The predicted octanol–water partition coefficient (Wildman–Crippen LogP) is 4.46. The number of hydrogen-bond acceptors (Lipinski definition) is 4. The summed E-state index contributed by atoms with van der Waals surface area (Å²) in [7, 11) is 0. The van der Waals surface area contributed by atoms with Gasteiger partial charge in [0, 0.05) is 24.9 Å². The van der Waals surface area contributed by atoms with E-state index in [0.29, 0.717) is 13.0 Å². The Morgan fingerprint density at radius 2 is 1.68 bits per heavy atom. The zero-order valence-electron chi connectivity index (χ0n) is 19.5. The Hall–Kier alpha value is -3.35. The van der Waals surface area contributed by atoms with Crippen LogP contribution < -0.4 is 10.6 Å². The Balaban J connectivity index is 1.20. The number of nitrogens with one attached hydrogen (secondary N) is 2. The number of rotatable bonds is 10. The molecule has 2 amide bonds. The quantitative estimate of drug-likeness (QED) is 0.482. The largest absolute Gasteiger partial charge is 0.481 e. The maximum atomic E-state index is 12.4. The van der Waals surface area contributed by atoms with Crippen molar-refractivity contribution in [3.63, 3.8) is 0 Å². The fourth-order valence-electron chi connectivity index (χ4n) is 5.05. The molecule has 2 aliphatic rings. The molecule has 0 radical (unpaired) electrons. The van der Waals surface area contributed by atoms with Crippen LogP contribution in [0.15, 0.2) is 48.5 Å². The Bertz CT molecular complexity index is 1020. The molecule has 2 aliphatic carbocycles. The van der Waals surface area contributed by atoms with Crippen LogP contribution in [-0.4, -0.2) is 42.3 Å². The first-order valence-corrected chi connectivity index (χ1v) is 12.0. The molecule has 2 aromatic carbocycles. The molecule has 34 heavy (non-hydrogen) atoms. The molecule has 1 unspecified atom stereocenters. The number of benzene rings is 2. The van der Waals surface area contributed by atoms with Crippen molar-refractivity contribution in [2.45, 2.75) is 57.4 Å². The number of carbonyl (C=O) groups is 3. The second-order valence-electron chi connectivity index (χ2n) is 9.61. The van der Waals surface area contributed by atoms with Crippen molar-refractivity contribution >= 4 is 18.0 Å². The van der Waals surface area contributed by atoms with E-state index < -0.39 is 12.1 Å². The van der Waals surface area contributed by atoms with E-state index in [2.05, 4.69) is 34.9 Å². The molecular formula is C27H32N2O5. The molecule has 1 saturated carbocycles. The van der Waals surface area contributed by atoms with Gasteiger partial charge in [-0.2, -0.15) is 0 Å². The number of alkyl carbamates (subject to hydrolysis) is 1. The molecule has 1 fully saturated rings. The van der Waals surface area contributed by atoms with Crippen molar-refractivity contribution in [2.75, 3.05) is 13.2 Å². The number of ether oxygens (including phenoxy) is 1. The topological polar surface area (TPSA) is 105 Å². The number of amides is 2. The fraction of sp³-hybridized carbons (Fsp3) is 0.444. The van der Waals surface area contributed by atoms with E-state index in [1.807, 2.05) is 31.2 Å². The third-order valence-corrected chi connectivity index (χ3v) is 7.11. The summed E-state index contributed by atoms with van der Waals surface area (Å²) in [6.07, 6.45) is 3.00. The zero-order valence-corrected chi connectivity index (χ0v) is 19.5. The summed E-state index contributed by atoms with van der Waals surface area (Å²) in [6.45, 7) is 2.48. The van der Waals surface area contributed by atoms with Gasteiger partial charge >= 0.3 is 12.1 Å². The van der Waals surface area contributed by atoms with Crippen LogP contribution in [0.4, 0.5) is 4.79 Å². The molecule has 0 saturated heterocycles. The lowest BCUT2D eigenvalue weighted by molar-refractivity contribution is -0.141. The first-order chi connectivity index (χ1) is 16.4. The summed E-state index contributed by atoms with van der Waals surface area (Å²) < 4.78 is 5.56. The highest BCUT2D eigenvalue weighted by atomic mass is 16.5. The van der Waals surface area contributed by atoms with Crippen molar-refractivity contribution in [1.82, 2.24) is 10.6 Å². The van der Waals surface area contributed by atoms with E-state index in [1.54, 1.807) is 0 Å². The highest BCUT2D eigenvalue weighted by Crippen LogP contribution is 2.45. The molecule has 1 atom stereocenters. The number of hydrogen-bond donors (Lipinski definition) is 3. The van der Waals surface area contributed by atoms with E-state index in [9.17, 15) is 14.4 Å². The molecule has 3 N–H and O–H groups in total. The molecule has 7 nitrogen and oxygen atoms in total. The van der Waals surface area contributed by atoms with Gasteiger partial charge in [-0.05, 0) is 53.9 Å². The summed E-state index contributed by atoms with van der Waals surface area (Å²) in [5.41, 5.74) is 4.38. The van der Waals surface area contributed by atoms with E-state index in [-0.39, 0.29) is 42.7 Å². The molecule has 180 valence electrons. The summed E-state index contributed by atoms with van der Waals surface area (Å²) in [5.74, 6) is -0.948. The van der Waals surface area contributed by atoms with Crippen LogP contribution in [0.1, 0.15) is 62.5 Å². The van der Waals surface area contributed by atoms with Gasteiger partial charge in [-0.25, -0.2) is 4.79 Å². The van der Waals surface area contributed by atoms with Crippen LogP contribution in [0.2, 0.25) is 0 Å². The molecule has 0 heterocycles. The van der Waals surface area contributed by atoms with Crippen molar-refractivity contribution in [3.8, 4) is 11.1 Å². The minimum Gasteiger partial charge on any atom is -0.481 e. The van der Waals surface area contributed by atoms with E-state index in [1.165, 1.54) is 11.1 Å². The van der Waals surface area contributed by atoms with Crippen LogP contribution in [0.3, 0.4) is 0 Å². The lowest BCUT2D eigenvalue weighted by atomic mass is 9.66. The van der Waals surface area contributed by atoms with Gasteiger partial charge in [-0.15, -0.1) is 0 Å². The Kier molecular flexibility index (Phi) is 7.20. The number of carboxylic acids is 1.